The summed E-state index contributed by atoms with van der Waals surface area (Å²) in [4.78, 5) is 0. The van der Waals surface area contributed by atoms with E-state index in [2.05, 4.69) is 43.1 Å². The van der Waals surface area contributed by atoms with E-state index in [1.807, 2.05) is 13.2 Å². The van der Waals surface area contributed by atoms with Crippen molar-refractivity contribution in [3.05, 3.63) is 17.6 Å². The van der Waals surface area contributed by atoms with E-state index in [4.69, 9.17) is 5.73 Å². The Balaban J connectivity index is 2.65. The highest BCUT2D eigenvalue weighted by Crippen LogP contribution is 2.29. The third kappa shape index (κ3) is 1.98. The van der Waals surface area contributed by atoms with E-state index in [0.29, 0.717) is 5.82 Å². The van der Waals surface area contributed by atoms with E-state index in [9.17, 15) is 0 Å². The summed E-state index contributed by atoms with van der Waals surface area (Å²) in [6.45, 7) is 8.37. The Morgan fingerprint density at radius 1 is 1.33 bits per heavy atom. The summed E-state index contributed by atoms with van der Waals surface area (Å²) in [5, 5.41) is 12.6. The zero-order valence-corrected chi connectivity index (χ0v) is 11.6. The largest absolute Gasteiger partial charge is 0.381 e. The van der Waals surface area contributed by atoms with Gasteiger partial charge in [0.2, 0.25) is 0 Å². The van der Waals surface area contributed by atoms with Crippen molar-refractivity contribution in [1.82, 2.24) is 24.8 Å². The fourth-order valence-electron chi connectivity index (χ4n) is 2.11. The maximum Gasteiger partial charge on any atom is 0.170 e. The van der Waals surface area contributed by atoms with Crippen molar-refractivity contribution < 1.29 is 0 Å². The van der Waals surface area contributed by atoms with Gasteiger partial charge >= 0.3 is 0 Å². The minimum Gasteiger partial charge on any atom is -0.381 e. The van der Waals surface area contributed by atoms with Crippen LogP contribution in [0.25, 0.3) is 5.69 Å². The topological polar surface area (TPSA) is 74.5 Å². The summed E-state index contributed by atoms with van der Waals surface area (Å²) >= 11 is 0. The molecule has 0 radical (unpaired) electrons. The Kier molecular flexibility index (Phi) is 2.88. The van der Waals surface area contributed by atoms with Gasteiger partial charge in [0.05, 0.1) is 17.6 Å². The molecule has 2 heterocycles. The van der Waals surface area contributed by atoms with Gasteiger partial charge < -0.3 is 5.73 Å². The van der Waals surface area contributed by atoms with Crippen LogP contribution in [0.2, 0.25) is 0 Å². The van der Waals surface area contributed by atoms with Gasteiger partial charge in [-0.1, -0.05) is 32.9 Å². The molecule has 2 rings (SSSR count). The van der Waals surface area contributed by atoms with Gasteiger partial charge in [-0.05, 0) is 6.42 Å². The highest BCUT2D eigenvalue weighted by molar-refractivity contribution is 5.45. The summed E-state index contributed by atoms with van der Waals surface area (Å²) in [5.41, 5.74) is 8.69. The summed E-state index contributed by atoms with van der Waals surface area (Å²) in [6, 6.07) is 0. The molecule has 6 heteroatoms. The lowest BCUT2D eigenvalue weighted by atomic mass is 9.91. The molecule has 2 aromatic rings. The number of aryl methyl sites for hydroxylation is 2. The van der Waals surface area contributed by atoms with Gasteiger partial charge in [0, 0.05) is 12.5 Å². The van der Waals surface area contributed by atoms with Crippen LogP contribution in [-0.4, -0.2) is 24.8 Å². The number of nitrogens with zero attached hydrogens (tertiary/aromatic N) is 5. The average Bonchev–Trinajstić information content (AvgIpc) is 2.80. The first-order valence-corrected chi connectivity index (χ1v) is 6.09. The molecule has 2 aromatic heterocycles. The van der Waals surface area contributed by atoms with Gasteiger partial charge in [0.1, 0.15) is 5.69 Å². The SMILES string of the molecule is CCc1nn(C)cc1-n1nnc(N)c1C(C)(C)C. The number of nitrogens with two attached hydrogens (primary N) is 1. The van der Waals surface area contributed by atoms with Crippen LogP contribution in [0.15, 0.2) is 6.20 Å². The minimum absolute atomic E-state index is 0.117. The van der Waals surface area contributed by atoms with Gasteiger partial charge in [0.25, 0.3) is 0 Å². The Morgan fingerprint density at radius 2 is 2.00 bits per heavy atom. The van der Waals surface area contributed by atoms with Crippen molar-refractivity contribution >= 4 is 5.82 Å². The fraction of sp³-hybridized carbons (Fsp3) is 0.583. The molecule has 18 heavy (non-hydrogen) atoms. The van der Waals surface area contributed by atoms with Crippen LogP contribution in [0.5, 0.6) is 0 Å². The fourth-order valence-corrected chi connectivity index (χ4v) is 2.11. The van der Waals surface area contributed by atoms with Gasteiger partial charge in [-0.15, -0.1) is 5.10 Å². The van der Waals surface area contributed by atoms with Crippen LogP contribution in [0.1, 0.15) is 39.1 Å². The van der Waals surface area contributed by atoms with Crippen molar-refractivity contribution in [3.63, 3.8) is 0 Å². The van der Waals surface area contributed by atoms with E-state index in [1.165, 1.54) is 0 Å². The maximum atomic E-state index is 5.94. The predicted molar refractivity (Wildman–Crippen MR) is 70.6 cm³/mol. The van der Waals surface area contributed by atoms with Crippen molar-refractivity contribution in [1.29, 1.82) is 0 Å². The zero-order valence-electron chi connectivity index (χ0n) is 11.6. The second-order valence-electron chi connectivity index (χ2n) is 5.47. The molecule has 2 N–H and O–H groups in total. The average molecular weight is 248 g/mol. The molecule has 0 unspecified atom stereocenters. The third-order valence-corrected chi connectivity index (χ3v) is 2.85. The summed E-state index contributed by atoms with van der Waals surface area (Å²) in [6.07, 6.45) is 2.79. The number of aromatic nitrogens is 5. The smallest absolute Gasteiger partial charge is 0.170 e. The molecule has 0 atom stereocenters. The molecular formula is C12H20N6. The lowest BCUT2D eigenvalue weighted by Gasteiger charge is -2.19. The molecule has 0 saturated carbocycles. The number of anilines is 1. The monoisotopic (exact) mass is 248 g/mol. The maximum absolute atomic E-state index is 5.94. The molecule has 0 amide bonds. The van der Waals surface area contributed by atoms with Crippen LogP contribution in [0.3, 0.4) is 0 Å². The second-order valence-corrected chi connectivity index (χ2v) is 5.47. The molecule has 0 aliphatic rings. The quantitative estimate of drug-likeness (QED) is 0.872. The van der Waals surface area contributed by atoms with E-state index >= 15 is 0 Å². The Labute approximate surface area is 107 Å². The Hall–Kier alpha value is -1.85. The first kappa shape index (κ1) is 12.6. The van der Waals surface area contributed by atoms with Gasteiger partial charge in [-0.2, -0.15) is 5.10 Å². The molecule has 0 fully saturated rings. The number of hydrogen-bond donors (Lipinski definition) is 1. The van der Waals surface area contributed by atoms with Gasteiger partial charge in [-0.3, -0.25) is 4.68 Å². The standard InChI is InChI=1S/C12H20N6/c1-6-8-9(7-17(5)15-8)18-10(12(2,3)4)11(13)14-16-18/h7H,6,13H2,1-5H3. The minimum atomic E-state index is -0.117. The van der Waals surface area contributed by atoms with E-state index in [-0.39, 0.29) is 5.41 Å². The second kappa shape index (κ2) is 4.12. The van der Waals surface area contributed by atoms with Crippen LogP contribution >= 0.6 is 0 Å². The normalized spacial score (nSPS) is 12.1. The van der Waals surface area contributed by atoms with E-state index in [0.717, 1.165) is 23.5 Å². The van der Waals surface area contributed by atoms with Crippen LogP contribution < -0.4 is 5.73 Å². The molecule has 0 bridgehead atoms. The van der Waals surface area contributed by atoms with Crippen LogP contribution in [0, 0.1) is 0 Å². The summed E-state index contributed by atoms with van der Waals surface area (Å²) in [5.74, 6) is 0.480. The molecule has 0 aromatic carbocycles. The number of rotatable bonds is 2. The molecule has 0 saturated heterocycles. The zero-order chi connectivity index (χ0) is 13.5. The molecule has 0 aliphatic carbocycles. The van der Waals surface area contributed by atoms with Gasteiger partial charge in [0.15, 0.2) is 5.82 Å². The van der Waals surface area contributed by atoms with Crippen molar-refractivity contribution in [2.24, 2.45) is 7.05 Å². The van der Waals surface area contributed by atoms with Crippen molar-refractivity contribution in [3.8, 4) is 5.69 Å². The predicted octanol–water partition coefficient (Wildman–Crippen LogP) is 1.44. The van der Waals surface area contributed by atoms with E-state index in [1.54, 1.807) is 9.36 Å². The van der Waals surface area contributed by atoms with Crippen LogP contribution in [-0.2, 0) is 18.9 Å². The Morgan fingerprint density at radius 3 is 2.56 bits per heavy atom. The highest BCUT2D eigenvalue weighted by atomic mass is 15.5. The summed E-state index contributed by atoms with van der Waals surface area (Å²) < 4.78 is 3.60. The van der Waals surface area contributed by atoms with Crippen molar-refractivity contribution in [2.45, 2.75) is 39.5 Å². The Bertz CT molecular complexity index is 558. The van der Waals surface area contributed by atoms with Gasteiger partial charge in [-0.25, -0.2) is 4.68 Å². The lowest BCUT2D eigenvalue weighted by Crippen LogP contribution is -2.19. The van der Waals surface area contributed by atoms with Crippen LogP contribution in [0.4, 0.5) is 5.82 Å². The molecule has 0 spiro atoms. The highest BCUT2D eigenvalue weighted by Gasteiger charge is 2.26. The molecule has 98 valence electrons. The number of hydrogen-bond acceptors (Lipinski definition) is 4. The third-order valence-electron chi connectivity index (χ3n) is 2.85. The summed E-state index contributed by atoms with van der Waals surface area (Å²) in [7, 11) is 1.90. The molecule has 6 nitrogen and oxygen atoms in total. The molecular weight excluding hydrogens is 228 g/mol. The lowest BCUT2D eigenvalue weighted by molar-refractivity contribution is 0.543. The first-order chi connectivity index (χ1) is 8.34. The first-order valence-electron chi connectivity index (χ1n) is 6.09. The number of nitrogen functional groups attached to an aromatic ring is 1. The molecule has 0 aliphatic heterocycles. The van der Waals surface area contributed by atoms with E-state index < -0.39 is 0 Å². The van der Waals surface area contributed by atoms with Crippen molar-refractivity contribution in [2.75, 3.05) is 5.73 Å².